The molecule has 1 unspecified atom stereocenters. The smallest absolute Gasteiger partial charge is 0.132 e. The summed E-state index contributed by atoms with van der Waals surface area (Å²) in [5, 5.41) is 10.2. The molecule has 0 aromatic rings. The first-order valence-electron chi connectivity index (χ1n) is 7.19. The number of rotatable bonds is 6. The van der Waals surface area contributed by atoms with Crippen molar-refractivity contribution in [2.45, 2.75) is 59.5 Å². The average molecular weight is 264 g/mol. The van der Waals surface area contributed by atoms with Crippen molar-refractivity contribution in [3.8, 4) is 0 Å². The summed E-state index contributed by atoms with van der Waals surface area (Å²) in [6.45, 7) is 8.85. The van der Waals surface area contributed by atoms with E-state index < -0.39 is 6.10 Å². The Balaban J connectivity index is 2.73. The van der Waals surface area contributed by atoms with Gasteiger partial charge in [-0.2, -0.15) is 0 Å². The van der Waals surface area contributed by atoms with Crippen LogP contribution in [0.5, 0.6) is 0 Å². The molecule has 19 heavy (non-hydrogen) atoms. The molecule has 1 N–H and O–H groups in total. The maximum absolute atomic E-state index is 10.2. The van der Waals surface area contributed by atoms with Crippen LogP contribution in [0.15, 0.2) is 35.1 Å². The van der Waals surface area contributed by atoms with E-state index in [2.05, 4.69) is 39.8 Å². The molecule has 2 heteroatoms. The Morgan fingerprint density at radius 1 is 1.47 bits per heavy atom. The van der Waals surface area contributed by atoms with Crippen LogP contribution in [0.25, 0.3) is 0 Å². The molecule has 0 bridgehead atoms. The van der Waals surface area contributed by atoms with Gasteiger partial charge in [-0.1, -0.05) is 44.9 Å². The quantitative estimate of drug-likeness (QED) is 0.722. The SMILES string of the molecule is CCC/C(C)=C/C(C)(C)CC1=CCC=C(OC)C1O. The Morgan fingerprint density at radius 2 is 2.16 bits per heavy atom. The highest BCUT2D eigenvalue weighted by Crippen LogP contribution is 2.33. The zero-order valence-corrected chi connectivity index (χ0v) is 13.0. The van der Waals surface area contributed by atoms with Gasteiger partial charge in [0.25, 0.3) is 0 Å². The number of aliphatic hydroxyl groups is 1. The molecule has 0 saturated heterocycles. The molecule has 0 radical (unpaired) electrons. The lowest BCUT2D eigenvalue weighted by Crippen LogP contribution is -2.22. The number of methoxy groups -OCH3 is 1. The van der Waals surface area contributed by atoms with E-state index in [4.69, 9.17) is 4.74 Å². The maximum atomic E-state index is 10.2. The van der Waals surface area contributed by atoms with Crippen molar-refractivity contribution in [1.29, 1.82) is 0 Å². The lowest BCUT2D eigenvalue weighted by Gasteiger charge is -2.28. The molecule has 0 aromatic heterocycles. The van der Waals surface area contributed by atoms with Crippen LogP contribution in [0.1, 0.15) is 53.4 Å². The zero-order valence-electron chi connectivity index (χ0n) is 13.0. The van der Waals surface area contributed by atoms with Gasteiger partial charge < -0.3 is 9.84 Å². The van der Waals surface area contributed by atoms with Crippen LogP contribution in [0, 0.1) is 5.41 Å². The number of allylic oxidation sites excluding steroid dienone is 4. The summed E-state index contributed by atoms with van der Waals surface area (Å²) in [4.78, 5) is 0. The highest BCUT2D eigenvalue weighted by Gasteiger charge is 2.25. The van der Waals surface area contributed by atoms with E-state index in [9.17, 15) is 5.11 Å². The first-order valence-corrected chi connectivity index (χ1v) is 7.19. The monoisotopic (exact) mass is 264 g/mol. The van der Waals surface area contributed by atoms with Crippen LogP contribution in [0.4, 0.5) is 0 Å². The summed E-state index contributed by atoms with van der Waals surface area (Å²) in [5.74, 6) is 0.683. The first-order chi connectivity index (χ1) is 8.89. The largest absolute Gasteiger partial charge is 0.498 e. The van der Waals surface area contributed by atoms with E-state index >= 15 is 0 Å². The summed E-state index contributed by atoms with van der Waals surface area (Å²) in [6, 6.07) is 0. The Bertz CT molecular complexity index is 386. The maximum Gasteiger partial charge on any atom is 0.132 e. The van der Waals surface area contributed by atoms with E-state index in [1.165, 1.54) is 12.0 Å². The third kappa shape index (κ3) is 4.87. The van der Waals surface area contributed by atoms with Crippen molar-refractivity contribution in [2.24, 2.45) is 5.41 Å². The molecular formula is C17H28O2. The van der Waals surface area contributed by atoms with E-state index in [0.29, 0.717) is 5.76 Å². The summed E-state index contributed by atoms with van der Waals surface area (Å²) < 4.78 is 5.22. The molecule has 108 valence electrons. The van der Waals surface area contributed by atoms with Gasteiger partial charge in [0, 0.05) is 0 Å². The lowest BCUT2D eigenvalue weighted by molar-refractivity contribution is 0.143. The van der Waals surface area contributed by atoms with Crippen LogP contribution < -0.4 is 0 Å². The Labute approximate surface area is 117 Å². The molecule has 1 aliphatic rings. The molecule has 0 spiro atoms. The minimum Gasteiger partial charge on any atom is -0.498 e. The van der Waals surface area contributed by atoms with Crippen molar-refractivity contribution in [2.75, 3.05) is 7.11 Å². The fraction of sp³-hybridized carbons (Fsp3) is 0.647. The molecule has 1 rings (SSSR count). The fourth-order valence-corrected chi connectivity index (χ4v) is 2.81. The third-order valence-electron chi connectivity index (χ3n) is 3.50. The molecule has 0 heterocycles. The highest BCUT2D eigenvalue weighted by atomic mass is 16.5. The summed E-state index contributed by atoms with van der Waals surface area (Å²) in [5.41, 5.74) is 2.58. The number of hydrogen-bond acceptors (Lipinski definition) is 2. The van der Waals surface area contributed by atoms with E-state index in [1.54, 1.807) is 7.11 Å². The summed E-state index contributed by atoms with van der Waals surface area (Å²) >= 11 is 0. The van der Waals surface area contributed by atoms with Gasteiger partial charge >= 0.3 is 0 Å². The molecule has 0 aromatic carbocycles. The Morgan fingerprint density at radius 3 is 2.74 bits per heavy atom. The minimum atomic E-state index is -0.571. The molecule has 2 nitrogen and oxygen atoms in total. The van der Waals surface area contributed by atoms with Gasteiger partial charge in [0.2, 0.25) is 0 Å². The second-order valence-corrected chi connectivity index (χ2v) is 6.13. The molecule has 1 atom stereocenters. The van der Waals surface area contributed by atoms with Gasteiger partial charge in [0.1, 0.15) is 11.9 Å². The topological polar surface area (TPSA) is 29.5 Å². The summed E-state index contributed by atoms with van der Waals surface area (Å²) in [7, 11) is 1.62. The Kier molecular flexibility index (Phi) is 5.86. The summed E-state index contributed by atoms with van der Waals surface area (Å²) in [6.07, 6.45) is 9.89. The van der Waals surface area contributed by atoms with Crippen molar-refractivity contribution in [1.82, 2.24) is 0 Å². The molecule has 1 aliphatic carbocycles. The van der Waals surface area contributed by atoms with Crippen molar-refractivity contribution in [3.05, 3.63) is 35.1 Å². The van der Waals surface area contributed by atoms with Crippen LogP contribution >= 0.6 is 0 Å². The number of hydrogen-bond donors (Lipinski definition) is 1. The van der Waals surface area contributed by atoms with Gasteiger partial charge in [-0.25, -0.2) is 0 Å². The van der Waals surface area contributed by atoms with Crippen LogP contribution in [0.3, 0.4) is 0 Å². The van der Waals surface area contributed by atoms with Crippen molar-refractivity contribution >= 4 is 0 Å². The molecule has 0 amide bonds. The normalized spacial score (nSPS) is 20.9. The standard InChI is InChI=1S/C17H28O2/c1-6-8-13(2)11-17(3,4)12-14-9-7-10-15(19-5)16(14)18/h9-11,16,18H,6-8,12H2,1-5H3/b13-11+. The van der Waals surface area contributed by atoms with Gasteiger partial charge in [-0.05, 0) is 43.3 Å². The minimum absolute atomic E-state index is 0.0717. The van der Waals surface area contributed by atoms with Gasteiger partial charge in [-0.15, -0.1) is 0 Å². The van der Waals surface area contributed by atoms with Crippen molar-refractivity contribution < 1.29 is 9.84 Å². The van der Waals surface area contributed by atoms with Crippen LogP contribution in [-0.4, -0.2) is 18.3 Å². The van der Waals surface area contributed by atoms with Gasteiger partial charge in [-0.3, -0.25) is 0 Å². The first kappa shape index (κ1) is 16.0. The second-order valence-electron chi connectivity index (χ2n) is 6.13. The average Bonchev–Trinajstić information content (AvgIpc) is 2.31. The number of aliphatic hydroxyl groups excluding tert-OH is 1. The number of ether oxygens (including phenoxy) is 1. The van der Waals surface area contributed by atoms with Crippen LogP contribution in [0.2, 0.25) is 0 Å². The fourth-order valence-electron chi connectivity index (χ4n) is 2.81. The van der Waals surface area contributed by atoms with Gasteiger partial charge in [0.15, 0.2) is 0 Å². The van der Waals surface area contributed by atoms with E-state index in [1.807, 2.05) is 6.08 Å². The predicted molar refractivity (Wildman–Crippen MR) is 80.9 cm³/mol. The van der Waals surface area contributed by atoms with Gasteiger partial charge in [0.05, 0.1) is 7.11 Å². The Hall–Kier alpha value is -1.02. The lowest BCUT2D eigenvalue weighted by atomic mass is 9.80. The molecular weight excluding hydrogens is 236 g/mol. The third-order valence-corrected chi connectivity index (χ3v) is 3.50. The molecule has 0 fully saturated rings. The van der Waals surface area contributed by atoms with E-state index in [0.717, 1.165) is 24.8 Å². The van der Waals surface area contributed by atoms with Crippen LogP contribution in [-0.2, 0) is 4.74 Å². The highest BCUT2D eigenvalue weighted by molar-refractivity contribution is 5.27. The second kappa shape index (κ2) is 6.95. The van der Waals surface area contributed by atoms with E-state index in [-0.39, 0.29) is 5.41 Å². The molecule has 0 aliphatic heterocycles. The van der Waals surface area contributed by atoms with Crippen molar-refractivity contribution in [3.63, 3.8) is 0 Å². The predicted octanol–water partition coefficient (Wildman–Crippen LogP) is 4.37. The zero-order chi connectivity index (χ0) is 14.5. The molecule has 0 saturated carbocycles.